The summed E-state index contributed by atoms with van der Waals surface area (Å²) in [6, 6.07) is 11.4. The maximum Gasteiger partial charge on any atom is 0.163 e. The maximum atomic E-state index is 5.84. The van der Waals surface area contributed by atoms with Gasteiger partial charge in [0.15, 0.2) is 11.5 Å². The number of aromatic nitrogens is 2. The highest BCUT2D eigenvalue weighted by Crippen LogP contribution is 2.35. The Labute approximate surface area is 164 Å². The van der Waals surface area contributed by atoms with E-state index < -0.39 is 0 Å². The molecule has 1 aromatic heterocycles. The number of hydrogen-bond donors (Lipinski definition) is 1. The van der Waals surface area contributed by atoms with E-state index >= 15 is 0 Å². The number of nitrogens with one attached hydrogen (secondary N) is 1. The van der Waals surface area contributed by atoms with E-state index in [0.717, 1.165) is 22.2 Å². The van der Waals surface area contributed by atoms with Crippen LogP contribution in [-0.2, 0) is 4.74 Å². The molecule has 1 N–H and O–H groups in total. The second-order valence-corrected chi connectivity index (χ2v) is 5.87. The van der Waals surface area contributed by atoms with E-state index in [9.17, 15) is 0 Å². The third-order valence-corrected chi connectivity index (χ3v) is 3.98. The van der Waals surface area contributed by atoms with Gasteiger partial charge in [-0.1, -0.05) is 12.0 Å². The molecular weight excluding hydrogens is 354 g/mol. The van der Waals surface area contributed by atoms with E-state index in [0.29, 0.717) is 43.7 Å². The van der Waals surface area contributed by atoms with Crippen LogP contribution >= 0.6 is 0 Å². The Bertz CT molecular complexity index is 982. The Morgan fingerprint density at radius 3 is 2.64 bits per heavy atom. The summed E-state index contributed by atoms with van der Waals surface area (Å²) >= 11 is 0. The van der Waals surface area contributed by atoms with Crippen molar-refractivity contribution in [2.45, 2.75) is 13.8 Å². The van der Waals surface area contributed by atoms with Crippen molar-refractivity contribution in [3.63, 3.8) is 0 Å². The normalized spacial score (nSPS) is 10.5. The van der Waals surface area contributed by atoms with Crippen LogP contribution in [0, 0.1) is 12.3 Å². The highest BCUT2D eigenvalue weighted by atomic mass is 16.5. The average molecular weight is 377 g/mol. The molecule has 0 aliphatic carbocycles. The molecule has 2 aromatic carbocycles. The van der Waals surface area contributed by atoms with Gasteiger partial charge < -0.3 is 19.5 Å². The number of nitrogens with zero attached hydrogens (tertiary/aromatic N) is 2. The van der Waals surface area contributed by atoms with Crippen LogP contribution in [0.15, 0.2) is 42.7 Å². The lowest BCUT2D eigenvalue weighted by Crippen LogP contribution is -2.08. The van der Waals surface area contributed by atoms with Crippen LogP contribution in [0.2, 0.25) is 0 Å². The van der Waals surface area contributed by atoms with Gasteiger partial charge in [0.2, 0.25) is 0 Å². The van der Waals surface area contributed by atoms with E-state index in [1.165, 1.54) is 6.33 Å². The van der Waals surface area contributed by atoms with Crippen LogP contribution in [0.3, 0.4) is 0 Å². The van der Waals surface area contributed by atoms with Gasteiger partial charge in [0.1, 0.15) is 18.8 Å². The second kappa shape index (κ2) is 9.58. The number of hydrogen-bond acceptors (Lipinski definition) is 6. The minimum Gasteiger partial charge on any atom is -0.490 e. The average Bonchev–Trinajstić information content (AvgIpc) is 2.72. The molecule has 28 heavy (non-hydrogen) atoms. The van der Waals surface area contributed by atoms with E-state index in [2.05, 4.69) is 21.2 Å². The smallest absolute Gasteiger partial charge is 0.163 e. The van der Waals surface area contributed by atoms with Crippen molar-refractivity contribution in [1.29, 1.82) is 0 Å². The molecule has 0 atom stereocenters. The van der Waals surface area contributed by atoms with Crippen molar-refractivity contribution in [1.82, 2.24) is 9.97 Å². The number of benzene rings is 2. The quantitative estimate of drug-likeness (QED) is 0.446. The van der Waals surface area contributed by atoms with Gasteiger partial charge in [-0.25, -0.2) is 9.97 Å². The van der Waals surface area contributed by atoms with Gasteiger partial charge in [0.25, 0.3) is 0 Å². The molecule has 0 amide bonds. The molecule has 0 unspecified atom stereocenters. The monoisotopic (exact) mass is 377 g/mol. The van der Waals surface area contributed by atoms with Crippen molar-refractivity contribution in [2.75, 3.05) is 31.7 Å². The number of terminal acetylenes is 1. The first-order valence-corrected chi connectivity index (χ1v) is 9.21. The number of fused-ring (bicyclic) bond motifs is 1. The van der Waals surface area contributed by atoms with Gasteiger partial charge in [-0.3, -0.25) is 0 Å². The van der Waals surface area contributed by atoms with Gasteiger partial charge in [-0.2, -0.15) is 0 Å². The van der Waals surface area contributed by atoms with Crippen LogP contribution in [0.1, 0.15) is 19.4 Å². The molecule has 0 aliphatic heterocycles. The third-order valence-electron chi connectivity index (χ3n) is 3.98. The molecule has 0 spiro atoms. The zero-order valence-corrected chi connectivity index (χ0v) is 16.1. The zero-order valence-electron chi connectivity index (χ0n) is 16.1. The van der Waals surface area contributed by atoms with Crippen LogP contribution in [0.5, 0.6) is 11.5 Å². The summed E-state index contributed by atoms with van der Waals surface area (Å²) < 4.78 is 16.9. The zero-order chi connectivity index (χ0) is 19.8. The SMILES string of the molecule is C#Cc1cccc(Nc2ncnc3cc(OCCOCC)c(OCC)cc23)c1. The first-order chi connectivity index (χ1) is 13.7. The van der Waals surface area contributed by atoms with Crippen LogP contribution < -0.4 is 14.8 Å². The van der Waals surface area contributed by atoms with E-state index in [1.807, 2.05) is 50.2 Å². The Balaban J connectivity index is 1.93. The van der Waals surface area contributed by atoms with E-state index in [1.54, 1.807) is 0 Å². The Hall–Kier alpha value is -3.30. The fourth-order valence-corrected chi connectivity index (χ4v) is 2.72. The molecular formula is C22H23N3O3. The summed E-state index contributed by atoms with van der Waals surface area (Å²) in [5.41, 5.74) is 2.40. The van der Waals surface area contributed by atoms with Gasteiger partial charge in [-0.05, 0) is 38.1 Å². The maximum absolute atomic E-state index is 5.84. The fraction of sp³-hybridized carbons (Fsp3) is 0.273. The minimum absolute atomic E-state index is 0.439. The van der Waals surface area contributed by atoms with Gasteiger partial charge >= 0.3 is 0 Å². The van der Waals surface area contributed by atoms with Gasteiger partial charge in [0.05, 0.1) is 18.7 Å². The molecule has 0 fully saturated rings. The predicted molar refractivity (Wildman–Crippen MR) is 110 cm³/mol. The second-order valence-electron chi connectivity index (χ2n) is 5.87. The first kappa shape index (κ1) is 19.5. The molecule has 0 saturated carbocycles. The highest BCUT2D eigenvalue weighted by Gasteiger charge is 2.12. The van der Waals surface area contributed by atoms with Gasteiger partial charge in [0, 0.05) is 29.3 Å². The Morgan fingerprint density at radius 2 is 1.86 bits per heavy atom. The summed E-state index contributed by atoms with van der Waals surface area (Å²) in [4.78, 5) is 8.76. The van der Waals surface area contributed by atoms with Crippen molar-refractivity contribution >= 4 is 22.4 Å². The van der Waals surface area contributed by atoms with Crippen LogP contribution in [0.4, 0.5) is 11.5 Å². The summed E-state index contributed by atoms with van der Waals surface area (Å²) in [6.45, 7) is 6.01. The summed E-state index contributed by atoms with van der Waals surface area (Å²) in [5, 5.41) is 4.14. The van der Waals surface area contributed by atoms with Crippen LogP contribution in [0.25, 0.3) is 10.9 Å². The topological polar surface area (TPSA) is 65.5 Å². The highest BCUT2D eigenvalue weighted by molar-refractivity contribution is 5.93. The summed E-state index contributed by atoms with van der Waals surface area (Å²) in [6.07, 6.45) is 7.00. The molecule has 0 aliphatic rings. The van der Waals surface area contributed by atoms with E-state index in [4.69, 9.17) is 20.6 Å². The fourth-order valence-electron chi connectivity index (χ4n) is 2.72. The minimum atomic E-state index is 0.439. The Morgan fingerprint density at radius 1 is 1.00 bits per heavy atom. The molecule has 0 bridgehead atoms. The van der Waals surface area contributed by atoms with E-state index in [-0.39, 0.29) is 0 Å². The largest absolute Gasteiger partial charge is 0.490 e. The lowest BCUT2D eigenvalue weighted by molar-refractivity contribution is 0.108. The molecule has 3 aromatic rings. The number of ether oxygens (including phenoxy) is 3. The third kappa shape index (κ3) is 4.70. The van der Waals surface area contributed by atoms with Crippen LogP contribution in [-0.4, -0.2) is 36.4 Å². The first-order valence-electron chi connectivity index (χ1n) is 9.21. The lowest BCUT2D eigenvalue weighted by atomic mass is 10.2. The number of anilines is 2. The molecule has 0 radical (unpaired) electrons. The molecule has 0 saturated heterocycles. The predicted octanol–water partition coefficient (Wildman–Crippen LogP) is 4.17. The van der Waals surface area contributed by atoms with Crippen molar-refractivity contribution in [3.8, 4) is 23.8 Å². The Kier molecular flexibility index (Phi) is 6.66. The molecule has 144 valence electrons. The molecule has 6 heteroatoms. The molecule has 1 heterocycles. The van der Waals surface area contributed by atoms with Crippen molar-refractivity contribution in [3.05, 3.63) is 48.3 Å². The number of rotatable bonds is 9. The standard InChI is InChI=1S/C22H23N3O3/c1-4-16-8-7-9-17(12-16)25-22-18-13-20(27-6-3)21(28-11-10-26-5-2)14-19(18)23-15-24-22/h1,7-9,12-15H,5-6,10-11H2,2-3H3,(H,23,24,25). The molecule has 3 rings (SSSR count). The summed E-state index contributed by atoms with van der Waals surface area (Å²) in [7, 11) is 0. The van der Waals surface area contributed by atoms with Gasteiger partial charge in [-0.15, -0.1) is 6.42 Å². The van der Waals surface area contributed by atoms with Crippen molar-refractivity contribution < 1.29 is 14.2 Å². The van der Waals surface area contributed by atoms with Crippen molar-refractivity contribution in [2.24, 2.45) is 0 Å². The molecule has 6 nitrogen and oxygen atoms in total. The summed E-state index contributed by atoms with van der Waals surface area (Å²) in [5.74, 6) is 4.57. The lowest BCUT2D eigenvalue weighted by Gasteiger charge is -2.15.